The van der Waals surface area contributed by atoms with Crippen molar-refractivity contribution in [3.8, 4) is 5.75 Å². The molecule has 1 aromatic heterocycles. The molecule has 1 fully saturated rings. The van der Waals surface area contributed by atoms with Gasteiger partial charge in [-0.15, -0.1) is 11.6 Å². The van der Waals surface area contributed by atoms with E-state index in [0.717, 1.165) is 63.1 Å². The highest BCUT2D eigenvalue weighted by molar-refractivity contribution is 6.15. The van der Waals surface area contributed by atoms with E-state index in [1.54, 1.807) is 49.6 Å². The van der Waals surface area contributed by atoms with Gasteiger partial charge in [0.1, 0.15) is 17.7 Å². The molecule has 72 heavy (non-hydrogen) atoms. The van der Waals surface area contributed by atoms with E-state index in [2.05, 4.69) is 44.4 Å². The molecule has 0 unspecified atom stereocenters. The number of benzene rings is 4. The van der Waals surface area contributed by atoms with Gasteiger partial charge in [-0.05, 0) is 106 Å². The van der Waals surface area contributed by atoms with Gasteiger partial charge in [-0.25, -0.2) is 4.79 Å². The lowest BCUT2D eigenvalue weighted by Gasteiger charge is -2.39. The number of fused-ring (bicyclic) bond motifs is 4. The lowest BCUT2D eigenvalue weighted by atomic mass is 9.78. The highest BCUT2D eigenvalue weighted by atomic mass is 35.5. The van der Waals surface area contributed by atoms with Gasteiger partial charge in [0.15, 0.2) is 0 Å². The first-order valence-corrected chi connectivity index (χ1v) is 24.8. The number of rotatable bonds is 13. The molecular formula is C54H68ClN9O8. The number of nitrogens with one attached hydrogen (secondary N) is 4. The van der Waals surface area contributed by atoms with Crippen LogP contribution in [0.25, 0.3) is 21.7 Å². The molecule has 3 aliphatic rings. The Morgan fingerprint density at radius 3 is 2.08 bits per heavy atom. The SMILES string of the molecule is CC(C)(CC(C)(C)N1C(=O)C=CC1=O)C(=O)NCC=O.CCCCN.CCl.CNc1ccc(C(=O)Nc2ccc3[nH]c(C(=O)N4CCc5c4cc(OC(=O)N4CCN(C)CC4)c4ccccc54)cc3c2)cc1. The van der Waals surface area contributed by atoms with Crippen molar-refractivity contribution in [2.45, 2.75) is 65.8 Å². The second kappa shape index (κ2) is 25.3. The van der Waals surface area contributed by atoms with Crippen molar-refractivity contribution in [2.75, 3.05) is 81.8 Å². The number of likely N-dealkylation sites (N-methyl/N-ethyl adjacent to an activating group) is 1. The number of amides is 6. The third-order valence-electron chi connectivity index (χ3n) is 12.5. The van der Waals surface area contributed by atoms with Crippen LogP contribution in [0, 0.1) is 5.41 Å². The van der Waals surface area contributed by atoms with Gasteiger partial charge < -0.3 is 50.9 Å². The van der Waals surface area contributed by atoms with Crippen molar-refractivity contribution in [2.24, 2.45) is 11.1 Å². The van der Waals surface area contributed by atoms with Gasteiger partial charge in [0.25, 0.3) is 23.6 Å². The number of aromatic amines is 1. The summed E-state index contributed by atoms with van der Waals surface area (Å²) in [7, 11) is 3.87. The molecule has 18 heteroatoms. The fourth-order valence-corrected chi connectivity index (χ4v) is 8.96. The van der Waals surface area contributed by atoms with Crippen LogP contribution in [0.5, 0.6) is 5.75 Å². The van der Waals surface area contributed by atoms with Gasteiger partial charge >= 0.3 is 6.09 Å². The van der Waals surface area contributed by atoms with Crippen LogP contribution in [0.2, 0.25) is 0 Å². The largest absolute Gasteiger partial charge is 0.415 e. The number of nitrogens with zero attached hydrogens (tertiary/aromatic N) is 4. The van der Waals surface area contributed by atoms with Gasteiger partial charge in [0.2, 0.25) is 5.91 Å². The maximum absolute atomic E-state index is 13.9. The number of aldehydes is 1. The molecule has 4 aromatic carbocycles. The van der Waals surface area contributed by atoms with E-state index in [4.69, 9.17) is 10.5 Å². The third-order valence-corrected chi connectivity index (χ3v) is 12.5. The monoisotopic (exact) mass is 1010 g/mol. The molecule has 8 rings (SSSR count). The predicted molar refractivity (Wildman–Crippen MR) is 285 cm³/mol. The maximum Gasteiger partial charge on any atom is 0.415 e. The normalized spacial score (nSPS) is 14.3. The molecule has 6 amide bonds. The van der Waals surface area contributed by atoms with E-state index >= 15 is 0 Å². The van der Waals surface area contributed by atoms with E-state index in [0.29, 0.717) is 61.5 Å². The number of carbonyl (C=O) groups excluding carboxylic acids is 7. The van der Waals surface area contributed by atoms with Crippen molar-refractivity contribution >= 4 is 92.3 Å². The maximum atomic E-state index is 13.9. The lowest BCUT2D eigenvalue weighted by Crippen LogP contribution is -2.52. The number of ether oxygens (including phenoxy) is 1. The standard InChI is InChI=1S/C35H34N6O4.C14H20N2O4.C4H11N.CH3Cl/c1-36-24-9-7-22(8-10-24)33(42)37-25-11-12-29-23(19-25)20-30(38-29)34(43)41-14-13-27-26-5-3-4-6-28(26)32(21-31(27)41)45-35(44)40-17-15-39(2)16-18-40;1-13(2,12(20)15-7-8-17)9-14(3,4)16-10(18)5-6-11(16)19;1-2-3-4-5;1-2/h3-12,19-21,36,38H,13-18H2,1-2H3,(H,37,42);5-6,8H,7,9H2,1-4H3,(H,15,20);2-5H2,1H3;1H3. The molecule has 0 spiro atoms. The van der Waals surface area contributed by atoms with Gasteiger partial charge in [-0.3, -0.25) is 28.9 Å². The van der Waals surface area contributed by atoms with Crippen LogP contribution in [-0.2, 0) is 25.6 Å². The Balaban J connectivity index is 0.000000297. The summed E-state index contributed by atoms with van der Waals surface area (Å²) in [6.07, 6.45) is 7.53. The summed E-state index contributed by atoms with van der Waals surface area (Å²) in [6, 6.07) is 24.3. The van der Waals surface area contributed by atoms with Gasteiger partial charge in [0, 0.05) is 109 Å². The molecule has 0 saturated carbocycles. The number of hydrogen-bond acceptors (Lipinski definition) is 11. The Labute approximate surface area is 426 Å². The van der Waals surface area contributed by atoms with E-state index in [1.165, 1.54) is 31.4 Å². The van der Waals surface area contributed by atoms with Gasteiger partial charge in [-0.2, -0.15) is 0 Å². The number of carbonyl (C=O) groups is 7. The molecule has 0 atom stereocenters. The van der Waals surface area contributed by atoms with E-state index in [1.807, 2.05) is 80.8 Å². The number of H-pyrrole nitrogens is 1. The van der Waals surface area contributed by atoms with Crippen LogP contribution < -0.4 is 31.3 Å². The molecule has 0 aliphatic carbocycles. The van der Waals surface area contributed by atoms with E-state index < -0.39 is 11.0 Å². The minimum absolute atomic E-state index is 0.0498. The number of aromatic nitrogens is 1. The summed E-state index contributed by atoms with van der Waals surface area (Å²) in [5, 5.41) is 11.1. The van der Waals surface area contributed by atoms with Gasteiger partial charge in [0.05, 0.1) is 12.2 Å². The summed E-state index contributed by atoms with van der Waals surface area (Å²) >= 11 is 4.64. The average Bonchev–Trinajstić information content (AvgIpc) is 4.10. The van der Waals surface area contributed by atoms with Gasteiger partial charge in [-0.1, -0.05) is 51.5 Å². The molecule has 4 heterocycles. The number of hydrogen-bond donors (Lipinski definition) is 5. The van der Waals surface area contributed by atoms with Crippen LogP contribution in [-0.4, -0.2) is 133 Å². The first-order valence-electron chi connectivity index (χ1n) is 24.0. The van der Waals surface area contributed by atoms with E-state index in [9.17, 15) is 33.6 Å². The number of nitrogens with two attached hydrogens (primary N) is 1. The van der Waals surface area contributed by atoms with Crippen LogP contribution >= 0.6 is 11.6 Å². The zero-order valence-electron chi connectivity index (χ0n) is 42.5. The lowest BCUT2D eigenvalue weighted by molar-refractivity contribution is -0.146. The minimum Gasteiger partial charge on any atom is -0.409 e. The molecule has 17 nitrogen and oxygen atoms in total. The van der Waals surface area contributed by atoms with Crippen LogP contribution in [0.15, 0.2) is 91.0 Å². The van der Waals surface area contributed by atoms with Crippen molar-refractivity contribution in [3.05, 3.63) is 108 Å². The molecule has 0 radical (unpaired) electrons. The molecule has 3 aliphatic heterocycles. The first kappa shape index (κ1) is 55.8. The molecular weight excluding hydrogens is 938 g/mol. The molecule has 384 valence electrons. The fourth-order valence-electron chi connectivity index (χ4n) is 8.96. The Morgan fingerprint density at radius 1 is 0.847 bits per heavy atom. The second-order valence-electron chi connectivity index (χ2n) is 18.8. The van der Waals surface area contributed by atoms with Crippen LogP contribution in [0.3, 0.4) is 0 Å². The highest BCUT2D eigenvalue weighted by Crippen LogP contribution is 2.41. The molecule has 5 aromatic rings. The summed E-state index contributed by atoms with van der Waals surface area (Å²) in [6.45, 7) is 13.2. The smallest absolute Gasteiger partial charge is 0.409 e. The summed E-state index contributed by atoms with van der Waals surface area (Å²) in [5.74, 6) is -0.968. The number of unbranched alkanes of at least 4 members (excludes halogenated alkanes) is 1. The van der Waals surface area contributed by atoms with Crippen LogP contribution in [0.4, 0.5) is 21.9 Å². The van der Waals surface area contributed by atoms with Crippen molar-refractivity contribution in [1.82, 2.24) is 25.0 Å². The minimum atomic E-state index is -0.810. The molecule has 0 bridgehead atoms. The Morgan fingerprint density at radius 2 is 1.49 bits per heavy atom. The Kier molecular flexibility index (Phi) is 19.7. The average molecular weight is 1010 g/mol. The summed E-state index contributed by atoms with van der Waals surface area (Å²) in [4.78, 5) is 95.7. The summed E-state index contributed by atoms with van der Waals surface area (Å²) in [5.41, 5.74) is 8.67. The quantitative estimate of drug-likeness (QED) is 0.0440. The van der Waals surface area contributed by atoms with Crippen LogP contribution in [0.1, 0.15) is 80.3 Å². The highest BCUT2D eigenvalue weighted by Gasteiger charge is 2.43. The summed E-state index contributed by atoms with van der Waals surface area (Å²) < 4.78 is 5.98. The zero-order valence-corrected chi connectivity index (χ0v) is 43.3. The van der Waals surface area contributed by atoms with Crippen molar-refractivity contribution in [1.29, 1.82) is 0 Å². The third kappa shape index (κ3) is 13.7. The predicted octanol–water partition coefficient (Wildman–Crippen LogP) is 7.59. The first-order chi connectivity index (χ1) is 34.4. The number of piperazine rings is 1. The van der Waals surface area contributed by atoms with Crippen molar-refractivity contribution < 1.29 is 38.3 Å². The zero-order chi connectivity index (χ0) is 52.8. The fraction of sp³-hybridized carbons (Fsp3) is 0.389. The van der Waals surface area contributed by atoms with Crippen molar-refractivity contribution in [3.63, 3.8) is 0 Å². The second-order valence-corrected chi connectivity index (χ2v) is 18.8. The number of halogens is 1. The number of imide groups is 1. The topological polar surface area (TPSA) is 220 Å². The Hall–Kier alpha value is -7.08. The number of anilines is 3. The Bertz CT molecular complexity index is 2760. The number of alkyl halides is 1. The molecule has 6 N–H and O–H groups in total. The molecule has 1 saturated heterocycles. The van der Waals surface area contributed by atoms with E-state index in [-0.39, 0.29) is 42.2 Å².